The normalized spacial score (nSPS) is 15.3. The second-order valence-corrected chi connectivity index (χ2v) is 9.75. The Kier molecular flexibility index (Phi) is 7.19. The third kappa shape index (κ3) is 6.35. The zero-order valence-electron chi connectivity index (χ0n) is 21.2. The van der Waals surface area contributed by atoms with Crippen LogP contribution in [0.2, 0.25) is 0 Å². The first kappa shape index (κ1) is 24.5. The largest absolute Gasteiger partial charge is 0.368 e. The van der Waals surface area contributed by atoms with Gasteiger partial charge in [-0.3, -0.25) is 9.59 Å². The number of amides is 2. The van der Waals surface area contributed by atoms with E-state index in [0.29, 0.717) is 18.2 Å². The molecule has 0 unspecified atom stereocenters. The van der Waals surface area contributed by atoms with Crippen LogP contribution in [-0.4, -0.2) is 78.4 Å². The number of carbonyl (C=O) groups excluding carboxylic acids is 2. The van der Waals surface area contributed by atoms with Gasteiger partial charge in [0.15, 0.2) is 0 Å². The summed E-state index contributed by atoms with van der Waals surface area (Å²) < 4.78 is 0. The molecule has 1 aliphatic heterocycles. The second kappa shape index (κ2) is 10.8. The molecule has 0 spiro atoms. The summed E-state index contributed by atoms with van der Waals surface area (Å²) in [5, 5.41) is 6.18. The number of aromatic nitrogens is 2. The van der Waals surface area contributed by atoms with E-state index in [1.807, 2.05) is 60.3 Å². The number of rotatable bonds is 8. The van der Waals surface area contributed by atoms with Gasteiger partial charge in [-0.15, -0.1) is 0 Å². The lowest BCUT2D eigenvalue weighted by Gasteiger charge is -2.36. The summed E-state index contributed by atoms with van der Waals surface area (Å²) in [5.41, 5.74) is 4.25. The van der Waals surface area contributed by atoms with Crippen LogP contribution in [-0.2, 0) is 9.59 Å². The van der Waals surface area contributed by atoms with Crippen molar-refractivity contribution in [3.63, 3.8) is 0 Å². The van der Waals surface area contributed by atoms with Gasteiger partial charge in [0.05, 0.1) is 6.54 Å². The molecule has 3 aromatic rings. The molecule has 9 nitrogen and oxygen atoms in total. The van der Waals surface area contributed by atoms with Crippen LogP contribution >= 0.6 is 0 Å². The molecule has 2 N–H and O–H groups in total. The molecule has 37 heavy (non-hydrogen) atoms. The fourth-order valence-corrected chi connectivity index (χ4v) is 4.26. The number of likely N-dealkylation sites (N-methyl/N-ethyl adjacent to an activating group) is 1. The Morgan fingerprint density at radius 3 is 2.30 bits per heavy atom. The number of hydrogen-bond donors (Lipinski definition) is 2. The highest BCUT2D eigenvalue weighted by molar-refractivity contribution is 5.94. The lowest BCUT2D eigenvalue weighted by molar-refractivity contribution is -0.132. The molecule has 190 valence electrons. The van der Waals surface area contributed by atoms with Gasteiger partial charge in [0.2, 0.25) is 17.8 Å². The fourth-order valence-electron chi connectivity index (χ4n) is 4.26. The Labute approximate surface area is 217 Å². The first-order valence-corrected chi connectivity index (χ1v) is 12.6. The predicted molar refractivity (Wildman–Crippen MR) is 144 cm³/mol. The molecule has 1 saturated carbocycles. The smallest absolute Gasteiger partial charge is 0.237 e. The third-order valence-corrected chi connectivity index (χ3v) is 6.50. The molecule has 1 saturated heterocycles. The zero-order valence-corrected chi connectivity index (χ0v) is 21.2. The summed E-state index contributed by atoms with van der Waals surface area (Å²) in [5.74, 6) is 0.864. The van der Waals surface area contributed by atoms with Crippen LogP contribution in [0.4, 0.5) is 23.0 Å². The van der Waals surface area contributed by atoms with Crippen LogP contribution in [0, 0.1) is 18.2 Å². The van der Waals surface area contributed by atoms with E-state index in [0.717, 1.165) is 61.6 Å². The Morgan fingerprint density at radius 2 is 1.65 bits per heavy atom. The molecule has 2 heterocycles. The number of piperazine rings is 1. The zero-order chi connectivity index (χ0) is 25.8. The van der Waals surface area contributed by atoms with Gasteiger partial charge in [0.25, 0.3) is 0 Å². The number of carbonyl (C=O) groups is 2. The van der Waals surface area contributed by atoms with Crippen LogP contribution in [0.1, 0.15) is 12.8 Å². The minimum absolute atomic E-state index is 0.0875. The number of nitrogens with zero attached hydrogens (tertiary/aromatic N) is 5. The van der Waals surface area contributed by atoms with Gasteiger partial charge in [-0.1, -0.05) is 12.1 Å². The molecule has 9 heteroatoms. The van der Waals surface area contributed by atoms with Crippen LogP contribution in [0.5, 0.6) is 0 Å². The number of anilines is 4. The first-order valence-electron chi connectivity index (χ1n) is 12.6. The monoisotopic (exact) mass is 497 g/mol. The third-order valence-electron chi connectivity index (χ3n) is 6.50. The highest BCUT2D eigenvalue weighted by Gasteiger charge is 2.29. The quantitative estimate of drug-likeness (QED) is 0.494. The molecule has 0 radical (unpaired) electrons. The molecule has 2 amide bonds. The molecule has 2 aromatic carbocycles. The van der Waals surface area contributed by atoms with E-state index in [1.165, 1.54) is 0 Å². The maximum atomic E-state index is 12.3. The van der Waals surface area contributed by atoms with Crippen LogP contribution in [0.25, 0.3) is 11.3 Å². The molecular formula is C28H31N7O2. The van der Waals surface area contributed by atoms with E-state index >= 15 is 0 Å². The fraction of sp³-hybridized carbons (Fsp3) is 0.357. The Hall–Kier alpha value is -4.16. The van der Waals surface area contributed by atoms with Crippen molar-refractivity contribution in [1.82, 2.24) is 19.8 Å². The average molecular weight is 498 g/mol. The molecular weight excluding hydrogens is 466 g/mol. The summed E-state index contributed by atoms with van der Waals surface area (Å²) >= 11 is 0. The topological polar surface area (TPSA) is 93.7 Å². The van der Waals surface area contributed by atoms with E-state index < -0.39 is 0 Å². The maximum Gasteiger partial charge on any atom is 0.237 e. The summed E-state index contributed by atoms with van der Waals surface area (Å²) in [6.07, 6.45) is 4.75. The van der Waals surface area contributed by atoms with Gasteiger partial charge in [-0.2, -0.15) is 4.98 Å². The van der Waals surface area contributed by atoms with Crippen molar-refractivity contribution in [3.8, 4) is 11.3 Å². The van der Waals surface area contributed by atoms with Crippen LogP contribution in [0.15, 0.2) is 48.5 Å². The first-order chi connectivity index (χ1) is 17.9. The molecule has 0 atom stereocenters. The molecule has 1 aromatic heterocycles. The molecule has 2 aliphatic rings. The van der Waals surface area contributed by atoms with Crippen molar-refractivity contribution in [2.24, 2.45) is 5.92 Å². The summed E-state index contributed by atoms with van der Waals surface area (Å²) in [4.78, 5) is 39.1. The summed E-state index contributed by atoms with van der Waals surface area (Å²) in [6.45, 7) is 3.53. The van der Waals surface area contributed by atoms with E-state index in [-0.39, 0.29) is 17.7 Å². The minimum atomic E-state index is 0.0875. The Bertz CT molecular complexity index is 1230. The summed E-state index contributed by atoms with van der Waals surface area (Å²) in [6, 6.07) is 18.6. The van der Waals surface area contributed by atoms with Crippen molar-refractivity contribution in [2.45, 2.75) is 12.8 Å². The highest BCUT2D eigenvalue weighted by Crippen LogP contribution is 2.30. The van der Waals surface area contributed by atoms with Crippen molar-refractivity contribution in [2.75, 3.05) is 62.4 Å². The van der Waals surface area contributed by atoms with Gasteiger partial charge in [0.1, 0.15) is 5.69 Å². The maximum absolute atomic E-state index is 12.3. The van der Waals surface area contributed by atoms with E-state index in [4.69, 9.17) is 0 Å². The average Bonchev–Trinajstić information content (AvgIpc) is 3.75. The van der Waals surface area contributed by atoms with Crippen LogP contribution in [0.3, 0.4) is 0 Å². The van der Waals surface area contributed by atoms with Gasteiger partial charge < -0.3 is 25.3 Å². The number of hydrogen-bond acceptors (Lipinski definition) is 7. The second-order valence-electron chi connectivity index (χ2n) is 9.75. The molecule has 5 rings (SSSR count). The van der Waals surface area contributed by atoms with Crippen molar-refractivity contribution in [1.29, 1.82) is 0 Å². The van der Waals surface area contributed by atoms with Gasteiger partial charge in [-0.25, -0.2) is 4.98 Å². The van der Waals surface area contributed by atoms with Gasteiger partial charge in [0, 0.05) is 60.9 Å². The van der Waals surface area contributed by atoms with Crippen LogP contribution < -0.4 is 15.5 Å². The molecule has 2 fully saturated rings. The minimum Gasteiger partial charge on any atom is -0.368 e. The van der Waals surface area contributed by atoms with Crippen molar-refractivity contribution < 1.29 is 9.59 Å². The standard InChI is InChI=1S/C28H31N7O2/c1-33(2)19-26(36)35-17-15-34(16-18-35)24-11-9-23(10-12-24)31-28-29-14-13-25(32-28)20-5-7-22(8-6-20)30-27(37)21-3-4-21/h5-12,21H,3-4,15-19H2,1-2H3,(H,30,37)(H,29,31,32). The van der Waals surface area contributed by atoms with Gasteiger partial charge >= 0.3 is 0 Å². The Morgan fingerprint density at radius 1 is 0.973 bits per heavy atom. The van der Waals surface area contributed by atoms with E-state index in [2.05, 4.69) is 49.9 Å². The number of benzene rings is 2. The van der Waals surface area contributed by atoms with Gasteiger partial charge in [-0.05, 0) is 69.4 Å². The molecule has 0 bridgehead atoms. The van der Waals surface area contributed by atoms with E-state index in [9.17, 15) is 9.59 Å². The van der Waals surface area contributed by atoms with Crippen molar-refractivity contribution >= 4 is 34.8 Å². The highest BCUT2D eigenvalue weighted by atomic mass is 16.2. The predicted octanol–water partition coefficient (Wildman–Crippen LogP) is 3.05. The lowest BCUT2D eigenvalue weighted by Crippen LogP contribution is -2.50. The SMILES string of the molecule is CN(C)CC(=O)N1CCN(c2ccc(Nc3nc#cc(-c4ccc(NC(=O)C5CC5)cc4)n3)cc2)CC1. The Balaban J connectivity index is 1.17. The van der Waals surface area contributed by atoms with E-state index in [1.54, 1.807) is 0 Å². The summed E-state index contributed by atoms with van der Waals surface area (Å²) in [7, 11) is 3.83. The lowest BCUT2D eigenvalue weighted by atomic mass is 10.1. The molecule has 1 aliphatic carbocycles. The van der Waals surface area contributed by atoms with Crippen molar-refractivity contribution in [3.05, 3.63) is 60.8 Å². The number of nitrogens with one attached hydrogen (secondary N) is 2.